The highest BCUT2D eigenvalue weighted by molar-refractivity contribution is 9.10. The Bertz CT molecular complexity index is 342. The zero-order valence-electron chi connectivity index (χ0n) is 9.70. The molecule has 2 nitrogen and oxygen atoms in total. The molecule has 0 aromatic carbocycles. The van der Waals surface area contributed by atoms with Gasteiger partial charge in [-0.25, -0.2) is 0 Å². The highest BCUT2D eigenvalue weighted by Gasteiger charge is 2.31. The first kappa shape index (κ1) is 12.6. The number of likely N-dealkylation sites (N-methyl/N-ethyl adjacent to an activating group) is 1. The molecule has 0 saturated carbocycles. The van der Waals surface area contributed by atoms with Crippen LogP contribution in [0.2, 0.25) is 0 Å². The Morgan fingerprint density at radius 3 is 2.88 bits per heavy atom. The van der Waals surface area contributed by atoms with Crippen LogP contribution in [0.1, 0.15) is 38.3 Å². The summed E-state index contributed by atoms with van der Waals surface area (Å²) >= 11 is 5.35. The molecule has 16 heavy (non-hydrogen) atoms. The van der Waals surface area contributed by atoms with E-state index in [1.54, 1.807) is 11.3 Å². The monoisotopic (exact) mass is 303 g/mol. The average molecular weight is 304 g/mol. The van der Waals surface area contributed by atoms with Crippen LogP contribution in [-0.4, -0.2) is 18.8 Å². The fourth-order valence-corrected chi connectivity index (χ4v) is 3.83. The maximum Gasteiger partial charge on any atom is 0.0775 e. The van der Waals surface area contributed by atoms with Crippen molar-refractivity contribution in [2.24, 2.45) is 0 Å². The van der Waals surface area contributed by atoms with Gasteiger partial charge in [-0.2, -0.15) is 11.3 Å². The van der Waals surface area contributed by atoms with Crippen LogP contribution in [0.4, 0.5) is 0 Å². The van der Waals surface area contributed by atoms with Crippen LogP contribution in [-0.2, 0) is 4.74 Å². The molecule has 1 aromatic heterocycles. The maximum absolute atomic E-state index is 5.98. The second-order valence-electron chi connectivity index (χ2n) is 4.27. The number of thiophene rings is 1. The van der Waals surface area contributed by atoms with E-state index in [0.717, 1.165) is 13.0 Å². The minimum Gasteiger partial charge on any atom is -0.373 e. The van der Waals surface area contributed by atoms with Crippen molar-refractivity contribution in [3.63, 3.8) is 0 Å². The highest BCUT2D eigenvalue weighted by atomic mass is 79.9. The van der Waals surface area contributed by atoms with E-state index in [4.69, 9.17) is 4.74 Å². The summed E-state index contributed by atoms with van der Waals surface area (Å²) < 4.78 is 7.18. The van der Waals surface area contributed by atoms with E-state index in [1.807, 2.05) is 0 Å². The fraction of sp³-hybridized carbons (Fsp3) is 0.667. The summed E-state index contributed by atoms with van der Waals surface area (Å²) in [6, 6.07) is 0.329. The Morgan fingerprint density at radius 1 is 1.56 bits per heavy atom. The van der Waals surface area contributed by atoms with E-state index in [0.29, 0.717) is 18.2 Å². The summed E-state index contributed by atoms with van der Waals surface area (Å²) in [7, 11) is 0. The second-order valence-corrected chi connectivity index (χ2v) is 5.87. The second kappa shape index (κ2) is 5.63. The minimum atomic E-state index is 0.320. The molecule has 3 atom stereocenters. The van der Waals surface area contributed by atoms with Crippen LogP contribution in [0.15, 0.2) is 15.2 Å². The zero-order chi connectivity index (χ0) is 11.5. The number of halogens is 1. The molecule has 0 bridgehead atoms. The van der Waals surface area contributed by atoms with Crippen LogP contribution in [0.25, 0.3) is 0 Å². The van der Waals surface area contributed by atoms with Crippen molar-refractivity contribution in [1.29, 1.82) is 0 Å². The quantitative estimate of drug-likeness (QED) is 0.915. The molecule has 4 heteroatoms. The predicted octanol–water partition coefficient (Wildman–Crippen LogP) is 3.73. The Kier molecular flexibility index (Phi) is 4.41. The van der Waals surface area contributed by atoms with Gasteiger partial charge in [-0.05, 0) is 53.2 Å². The van der Waals surface area contributed by atoms with Crippen molar-refractivity contribution in [2.75, 3.05) is 6.54 Å². The number of ether oxygens (including phenoxy) is 1. The van der Waals surface area contributed by atoms with Crippen LogP contribution in [0.3, 0.4) is 0 Å². The summed E-state index contributed by atoms with van der Waals surface area (Å²) in [5.74, 6) is 0. The first-order valence-corrected chi connectivity index (χ1v) is 7.56. The molecule has 90 valence electrons. The summed E-state index contributed by atoms with van der Waals surface area (Å²) in [5, 5.41) is 7.89. The molecule has 1 fully saturated rings. The first-order chi connectivity index (χ1) is 7.72. The van der Waals surface area contributed by atoms with E-state index in [9.17, 15) is 0 Å². The Hall–Kier alpha value is 0.1000. The van der Waals surface area contributed by atoms with Crippen LogP contribution in [0.5, 0.6) is 0 Å². The topological polar surface area (TPSA) is 21.3 Å². The van der Waals surface area contributed by atoms with E-state index in [-0.39, 0.29) is 0 Å². The molecule has 1 aromatic rings. The Morgan fingerprint density at radius 2 is 2.38 bits per heavy atom. The number of hydrogen-bond acceptors (Lipinski definition) is 3. The molecular formula is C12H18BrNOS. The lowest BCUT2D eigenvalue weighted by Gasteiger charge is -2.24. The van der Waals surface area contributed by atoms with Crippen molar-refractivity contribution in [1.82, 2.24) is 5.32 Å². The van der Waals surface area contributed by atoms with Gasteiger partial charge in [-0.3, -0.25) is 0 Å². The van der Waals surface area contributed by atoms with Crippen molar-refractivity contribution < 1.29 is 4.74 Å². The van der Waals surface area contributed by atoms with E-state index < -0.39 is 0 Å². The Balaban J connectivity index is 2.14. The molecule has 0 radical (unpaired) electrons. The van der Waals surface area contributed by atoms with Gasteiger partial charge in [0.15, 0.2) is 0 Å². The van der Waals surface area contributed by atoms with Gasteiger partial charge in [-0.1, -0.05) is 6.92 Å². The van der Waals surface area contributed by atoms with E-state index in [1.165, 1.54) is 16.5 Å². The van der Waals surface area contributed by atoms with E-state index >= 15 is 0 Å². The molecule has 1 aliphatic rings. The van der Waals surface area contributed by atoms with Gasteiger partial charge >= 0.3 is 0 Å². The fourth-order valence-electron chi connectivity index (χ4n) is 2.25. The van der Waals surface area contributed by atoms with Gasteiger partial charge in [0.25, 0.3) is 0 Å². The SMILES string of the molecule is CCNC(c1cscc1Br)C1CCC(C)O1. The standard InChI is InChI=1S/C12H18BrNOS/c1-3-14-12(9-6-16-7-10(9)13)11-5-4-8(2)15-11/h6-8,11-12,14H,3-5H2,1-2H3. The van der Waals surface area contributed by atoms with Crippen LogP contribution < -0.4 is 5.32 Å². The normalized spacial score (nSPS) is 27.2. The Labute approximate surface area is 110 Å². The van der Waals surface area contributed by atoms with Crippen LogP contribution >= 0.6 is 27.3 Å². The lowest BCUT2D eigenvalue weighted by atomic mass is 10.0. The van der Waals surface area contributed by atoms with E-state index in [2.05, 4.69) is 45.9 Å². The molecule has 0 amide bonds. The van der Waals surface area contributed by atoms with Crippen molar-refractivity contribution in [2.45, 2.75) is 44.9 Å². The third-order valence-electron chi connectivity index (χ3n) is 3.04. The van der Waals surface area contributed by atoms with Gasteiger partial charge in [0.05, 0.1) is 18.2 Å². The molecule has 0 aliphatic carbocycles. The number of nitrogens with one attached hydrogen (secondary N) is 1. The molecule has 3 unspecified atom stereocenters. The average Bonchev–Trinajstić information content (AvgIpc) is 2.84. The highest BCUT2D eigenvalue weighted by Crippen LogP contribution is 2.35. The van der Waals surface area contributed by atoms with Gasteiger partial charge in [0.2, 0.25) is 0 Å². The summed E-state index contributed by atoms with van der Waals surface area (Å²) in [5.41, 5.74) is 1.34. The third kappa shape index (κ3) is 2.67. The molecule has 1 aliphatic heterocycles. The van der Waals surface area contributed by atoms with Crippen molar-refractivity contribution in [3.05, 3.63) is 20.8 Å². The summed E-state index contributed by atoms with van der Waals surface area (Å²) in [6.45, 7) is 5.28. The van der Waals surface area contributed by atoms with Gasteiger partial charge in [0.1, 0.15) is 0 Å². The summed E-state index contributed by atoms with van der Waals surface area (Å²) in [6.07, 6.45) is 3.06. The molecule has 1 N–H and O–H groups in total. The van der Waals surface area contributed by atoms with Crippen molar-refractivity contribution in [3.8, 4) is 0 Å². The number of rotatable bonds is 4. The predicted molar refractivity (Wildman–Crippen MR) is 72.0 cm³/mol. The molecule has 0 spiro atoms. The lowest BCUT2D eigenvalue weighted by molar-refractivity contribution is 0.0319. The van der Waals surface area contributed by atoms with Gasteiger partial charge in [-0.15, -0.1) is 0 Å². The zero-order valence-corrected chi connectivity index (χ0v) is 12.1. The van der Waals surface area contributed by atoms with Gasteiger partial charge in [0, 0.05) is 9.85 Å². The lowest BCUT2D eigenvalue weighted by Crippen LogP contribution is -2.32. The number of hydrogen-bond donors (Lipinski definition) is 1. The maximum atomic E-state index is 5.98. The third-order valence-corrected chi connectivity index (χ3v) is 4.79. The van der Waals surface area contributed by atoms with Crippen molar-refractivity contribution >= 4 is 27.3 Å². The smallest absolute Gasteiger partial charge is 0.0775 e. The molecular weight excluding hydrogens is 286 g/mol. The molecule has 1 saturated heterocycles. The molecule has 2 heterocycles. The van der Waals surface area contributed by atoms with Gasteiger partial charge < -0.3 is 10.1 Å². The summed E-state index contributed by atoms with van der Waals surface area (Å²) in [4.78, 5) is 0. The molecule has 2 rings (SSSR count). The van der Waals surface area contributed by atoms with Crippen LogP contribution in [0, 0.1) is 0 Å². The largest absolute Gasteiger partial charge is 0.373 e. The minimum absolute atomic E-state index is 0.320. The first-order valence-electron chi connectivity index (χ1n) is 5.82.